The Morgan fingerprint density at radius 3 is 1.25 bits per heavy atom. The van der Waals surface area contributed by atoms with Gasteiger partial charge in [-0.3, -0.25) is 4.79 Å². The van der Waals surface area contributed by atoms with Crippen molar-refractivity contribution in [1.82, 2.24) is 5.32 Å². The fourth-order valence-corrected chi connectivity index (χ4v) is 10.1. The third kappa shape index (κ3) is 40.6. The van der Waals surface area contributed by atoms with Crippen molar-refractivity contribution in [3.8, 4) is 0 Å². The largest absolute Gasteiger partial charge is 0.394 e. The minimum Gasteiger partial charge on any atom is -0.394 e. The van der Waals surface area contributed by atoms with Crippen LogP contribution < -0.4 is 5.32 Å². The van der Waals surface area contributed by atoms with Gasteiger partial charge in [0.2, 0.25) is 5.91 Å². The highest BCUT2D eigenvalue weighted by Crippen LogP contribution is 2.30. The smallest absolute Gasteiger partial charge is 0.220 e. The third-order valence-corrected chi connectivity index (χ3v) is 15.5. The summed E-state index contributed by atoms with van der Waals surface area (Å²) in [7, 11) is 0. The van der Waals surface area contributed by atoms with Gasteiger partial charge in [0.1, 0.15) is 48.8 Å². The van der Waals surface area contributed by atoms with Crippen LogP contribution in [0.4, 0.5) is 0 Å². The van der Waals surface area contributed by atoms with Crippen molar-refractivity contribution < 1.29 is 64.6 Å². The highest BCUT2D eigenvalue weighted by molar-refractivity contribution is 5.76. The standard InChI is InChI=1S/C74H121NO13/c1-3-5-7-9-11-13-15-17-19-21-23-25-26-27-28-29-30-31-32-33-34-35-36-38-40-42-44-46-48-50-52-54-56-58-66(79)75-62(63(78)57-55-53-51-49-47-45-43-41-39-37-24-22-20-18-16-14-12-10-8-6-4-2)61-85-73-71(84)69(82)72(65(60-77)87-73)88-74-70(83)68(81)67(80)64(59-76)86-74/h5,7,11,13,17,19,23,25,27-28,30-31,33-34,36,38-39,41-42,44,47,49,55,57,62-65,67-74,76-78,80-84H,3-4,6,8-10,12,14-16,18,20-22,24,26,29,32,35,37,40,43,45-46,48,50-54,56,58-61H2,1-2H3,(H,75,79)/b7-5-,13-11-,19-17-,25-23-,28-27-,31-30-,34-33-,38-36-,41-39+,44-42-,49-47+,57-55+. The van der Waals surface area contributed by atoms with Gasteiger partial charge in [-0.1, -0.05) is 243 Å². The van der Waals surface area contributed by atoms with Crippen molar-refractivity contribution in [1.29, 1.82) is 0 Å². The molecule has 0 aliphatic carbocycles. The van der Waals surface area contributed by atoms with Gasteiger partial charge in [-0.2, -0.15) is 0 Å². The van der Waals surface area contributed by atoms with Crippen LogP contribution in [0.3, 0.4) is 0 Å². The minimum absolute atomic E-state index is 0.237. The number of rotatable bonds is 53. The molecule has 2 aliphatic heterocycles. The summed E-state index contributed by atoms with van der Waals surface area (Å²) in [6, 6.07) is -0.961. The van der Waals surface area contributed by atoms with Gasteiger partial charge in [0.05, 0.1) is 32.0 Å². The lowest BCUT2D eigenvalue weighted by Crippen LogP contribution is -2.65. The molecule has 14 heteroatoms. The number of amides is 1. The number of hydrogen-bond donors (Lipinski definition) is 9. The summed E-state index contributed by atoms with van der Waals surface area (Å²) in [5, 5.41) is 87.3. The monoisotopic (exact) mass is 1230 g/mol. The summed E-state index contributed by atoms with van der Waals surface area (Å²) in [5.41, 5.74) is 0. The molecule has 2 saturated heterocycles. The molecular formula is C74H121NO13. The lowest BCUT2D eigenvalue weighted by molar-refractivity contribution is -0.359. The number of aliphatic hydroxyl groups excluding tert-OH is 8. The molecule has 0 bridgehead atoms. The third-order valence-electron chi connectivity index (χ3n) is 15.5. The minimum atomic E-state index is -1.80. The lowest BCUT2D eigenvalue weighted by atomic mass is 9.97. The first-order chi connectivity index (χ1) is 43.1. The average Bonchev–Trinajstić information content (AvgIpc) is 2.07. The van der Waals surface area contributed by atoms with E-state index in [1.165, 1.54) is 70.6 Å². The van der Waals surface area contributed by atoms with Crippen molar-refractivity contribution in [3.63, 3.8) is 0 Å². The van der Waals surface area contributed by atoms with Gasteiger partial charge in [-0.05, 0) is 116 Å². The first-order valence-electron chi connectivity index (χ1n) is 34.1. The summed E-state index contributed by atoms with van der Waals surface area (Å²) < 4.78 is 22.8. The molecule has 1 amide bonds. The molecule has 14 nitrogen and oxygen atoms in total. The van der Waals surface area contributed by atoms with E-state index in [2.05, 4.69) is 153 Å². The van der Waals surface area contributed by atoms with E-state index >= 15 is 0 Å². The van der Waals surface area contributed by atoms with Crippen LogP contribution in [-0.2, 0) is 23.7 Å². The molecule has 2 aliphatic rings. The predicted molar refractivity (Wildman–Crippen MR) is 359 cm³/mol. The first kappa shape index (κ1) is 80.0. The maximum Gasteiger partial charge on any atom is 0.220 e. The molecular weight excluding hydrogens is 1110 g/mol. The number of hydrogen-bond acceptors (Lipinski definition) is 13. The Balaban J connectivity index is 1.74. The second kappa shape index (κ2) is 56.8. The van der Waals surface area contributed by atoms with Gasteiger partial charge < -0.3 is 65.1 Å². The summed E-state index contributed by atoms with van der Waals surface area (Å²) in [4.78, 5) is 13.3. The molecule has 12 unspecified atom stereocenters. The zero-order chi connectivity index (χ0) is 63.8. The molecule has 2 rings (SSSR count). The predicted octanol–water partition coefficient (Wildman–Crippen LogP) is 13.7. The van der Waals surface area contributed by atoms with Crippen LogP contribution >= 0.6 is 0 Å². The number of nitrogens with one attached hydrogen (secondary N) is 1. The van der Waals surface area contributed by atoms with Crippen molar-refractivity contribution in [2.75, 3.05) is 19.8 Å². The molecule has 0 aromatic carbocycles. The van der Waals surface area contributed by atoms with Crippen molar-refractivity contribution in [2.24, 2.45) is 0 Å². The van der Waals surface area contributed by atoms with Gasteiger partial charge >= 0.3 is 0 Å². The molecule has 0 saturated carbocycles. The molecule has 9 N–H and O–H groups in total. The maximum absolute atomic E-state index is 13.3. The molecule has 500 valence electrons. The van der Waals surface area contributed by atoms with E-state index in [1.54, 1.807) is 6.08 Å². The second-order valence-electron chi connectivity index (χ2n) is 23.2. The summed E-state index contributed by atoms with van der Waals surface area (Å²) in [6.07, 6.45) is 68.9. The van der Waals surface area contributed by atoms with Crippen LogP contribution in [0.5, 0.6) is 0 Å². The molecule has 0 aromatic heterocycles. The van der Waals surface area contributed by atoms with Crippen LogP contribution in [0, 0.1) is 0 Å². The van der Waals surface area contributed by atoms with E-state index in [4.69, 9.17) is 18.9 Å². The lowest BCUT2D eigenvalue weighted by Gasteiger charge is -2.46. The summed E-state index contributed by atoms with van der Waals surface area (Å²) in [5.74, 6) is -0.278. The van der Waals surface area contributed by atoms with E-state index in [0.29, 0.717) is 12.8 Å². The Kier molecular flexibility index (Phi) is 51.6. The van der Waals surface area contributed by atoms with E-state index in [-0.39, 0.29) is 18.9 Å². The highest BCUT2D eigenvalue weighted by Gasteiger charge is 2.51. The first-order valence-corrected chi connectivity index (χ1v) is 34.1. The van der Waals surface area contributed by atoms with Crippen LogP contribution in [0.15, 0.2) is 146 Å². The van der Waals surface area contributed by atoms with Crippen molar-refractivity contribution in [2.45, 2.75) is 293 Å². The fourth-order valence-electron chi connectivity index (χ4n) is 10.1. The Hall–Kier alpha value is -4.13. The van der Waals surface area contributed by atoms with E-state index in [1.807, 2.05) is 6.08 Å². The van der Waals surface area contributed by atoms with Crippen molar-refractivity contribution >= 4 is 5.91 Å². The van der Waals surface area contributed by atoms with Crippen LogP contribution in [-0.4, -0.2) is 140 Å². The fraction of sp³-hybridized carbons (Fsp3) is 0.662. The van der Waals surface area contributed by atoms with Gasteiger partial charge in [-0.15, -0.1) is 0 Å². The van der Waals surface area contributed by atoms with Crippen LogP contribution in [0.1, 0.15) is 219 Å². The number of unbranched alkanes of at least 4 members (excludes halogenated alkanes) is 18. The van der Waals surface area contributed by atoms with Gasteiger partial charge in [0.15, 0.2) is 12.6 Å². The van der Waals surface area contributed by atoms with Gasteiger partial charge in [0, 0.05) is 6.42 Å². The normalized spacial score (nSPS) is 24.1. The summed E-state index contributed by atoms with van der Waals surface area (Å²) >= 11 is 0. The zero-order valence-electron chi connectivity index (χ0n) is 54.2. The summed E-state index contributed by atoms with van der Waals surface area (Å²) in [6.45, 7) is 2.64. The Bertz CT molecular complexity index is 2040. The Morgan fingerprint density at radius 2 is 0.795 bits per heavy atom. The Labute approximate surface area is 532 Å². The molecule has 0 radical (unpaired) electrons. The molecule has 2 fully saturated rings. The molecule has 0 spiro atoms. The topological polar surface area (TPSA) is 228 Å². The number of allylic oxidation sites excluding steroid dienone is 23. The molecule has 88 heavy (non-hydrogen) atoms. The number of aliphatic hydroxyl groups is 8. The molecule has 2 heterocycles. The van der Waals surface area contributed by atoms with Crippen LogP contribution in [0.2, 0.25) is 0 Å². The van der Waals surface area contributed by atoms with Crippen molar-refractivity contribution in [3.05, 3.63) is 146 Å². The maximum atomic E-state index is 13.3. The quantitative estimate of drug-likeness (QED) is 0.0204. The van der Waals surface area contributed by atoms with Crippen LogP contribution in [0.25, 0.3) is 0 Å². The number of carbonyl (C=O) groups excluding carboxylic acids is 1. The van der Waals surface area contributed by atoms with Gasteiger partial charge in [0.25, 0.3) is 0 Å². The SMILES string of the molecule is CC/C=C\C/C=C\C/C=C\C/C=C\C/C=C\C/C=C\C/C=C\C/C=C\C/C=C\CCCCCCCC(=O)NC(COC1OC(CO)C(OC2OC(CO)C(O)C(O)C2O)C(O)C1O)C(O)/C=C/CC/C=C/CC/C=C/CCCCCCCCCCCCC. The number of ether oxygens (including phenoxy) is 4. The van der Waals surface area contributed by atoms with E-state index in [0.717, 1.165) is 116 Å². The average molecular weight is 1230 g/mol. The number of carbonyl (C=O) groups is 1. The van der Waals surface area contributed by atoms with E-state index in [9.17, 15) is 45.6 Å². The molecule has 12 atom stereocenters. The Morgan fingerprint density at radius 1 is 0.420 bits per heavy atom. The molecule has 0 aromatic rings. The zero-order valence-corrected chi connectivity index (χ0v) is 54.2. The van der Waals surface area contributed by atoms with Gasteiger partial charge in [-0.25, -0.2) is 0 Å². The van der Waals surface area contributed by atoms with E-state index < -0.39 is 86.8 Å². The second-order valence-corrected chi connectivity index (χ2v) is 23.2. The highest BCUT2D eigenvalue weighted by atomic mass is 16.7.